The molecular weight excluding hydrogens is 254 g/mol. The summed E-state index contributed by atoms with van der Waals surface area (Å²) in [4.78, 5) is 0. The number of benzene rings is 1. The third kappa shape index (κ3) is 3.07. The first-order valence-electron chi connectivity index (χ1n) is 7.23. The molecule has 0 aromatic heterocycles. The fourth-order valence-electron chi connectivity index (χ4n) is 2.41. The highest BCUT2D eigenvalue weighted by Gasteiger charge is 2.24. The molecule has 4 heteroatoms. The molecule has 2 rings (SSSR count). The van der Waals surface area contributed by atoms with Gasteiger partial charge in [0.2, 0.25) is 0 Å². The molecule has 2 atom stereocenters. The van der Waals surface area contributed by atoms with Crippen molar-refractivity contribution in [2.24, 2.45) is 0 Å². The lowest BCUT2D eigenvalue weighted by molar-refractivity contribution is 0.168. The van der Waals surface area contributed by atoms with Crippen molar-refractivity contribution in [2.45, 2.75) is 51.8 Å². The zero-order chi connectivity index (χ0) is 14.8. The van der Waals surface area contributed by atoms with Gasteiger partial charge in [0, 0.05) is 29.6 Å². The highest BCUT2D eigenvalue weighted by molar-refractivity contribution is 5.48. The van der Waals surface area contributed by atoms with Gasteiger partial charge in [-0.15, -0.1) is 0 Å². The summed E-state index contributed by atoms with van der Waals surface area (Å²) in [5, 5.41) is 12.9. The van der Waals surface area contributed by atoms with Crippen LogP contribution in [0.3, 0.4) is 0 Å². The van der Waals surface area contributed by atoms with Crippen LogP contribution in [0.4, 0.5) is 0 Å². The molecule has 1 aliphatic heterocycles. The molecule has 1 heterocycles. The number of fused-ring (bicyclic) bond motifs is 1. The van der Waals surface area contributed by atoms with Crippen molar-refractivity contribution < 1.29 is 14.6 Å². The van der Waals surface area contributed by atoms with Gasteiger partial charge in [0.05, 0.1) is 13.7 Å². The Labute approximate surface area is 121 Å². The van der Waals surface area contributed by atoms with E-state index < -0.39 is 0 Å². The van der Waals surface area contributed by atoms with E-state index in [0.717, 1.165) is 29.9 Å². The standard InChI is InChI=1S/C16H25NO3/c1-5-16(3,10-18)17-9-13-8-15-12(6-11(2)20-15)7-14(13)19-4/h7-8,11,17-18H,5-6,9-10H2,1-4H3. The molecule has 1 aliphatic rings. The first-order valence-corrected chi connectivity index (χ1v) is 7.23. The molecule has 112 valence electrons. The van der Waals surface area contributed by atoms with Gasteiger partial charge in [-0.1, -0.05) is 6.92 Å². The average molecular weight is 279 g/mol. The van der Waals surface area contributed by atoms with E-state index in [2.05, 4.69) is 31.3 Å². The Morgan fingerprint density at radius 1 is 1.50 bits per heavy atom. The van der Waals surface area contributed by atoms with Crippen molar-refractivity contribution in [3.8, 4) is 11.5 Å². The number of nitrogens with one attached hydrogen (secondary N) is 1. The molecule has 0 radical (unpaired) electrons. The summed E-state index contributed by atoms with van der Waals surface area (Å²) in [6.07, 6.45) is 2.03. The van der Waals surface area contributed by atoms with Gasteiger partial charge in [0.25, 0.3) is 0 Å². The van der Waals surface area contributed by atoms with E-state index in [4.69, 9.17) is 9.47 Å². The highest BCUT2D eigenvalue weighted by atomic mass is 16.5. The van der Waals surface area contributed by atoms with Gasteiger partial charge < -0.3 is 19.9 Å². The summed E-state index contributed by atoms with van der Waals surface area (Å²) in [6, 6.07) is 4.12. The van der Waals surface area contributed by atoms with Crippen LogP contribution in [-0.4, -0.2) is 30.5 Å². The summed E-state index contributed by atoms with van der Waals surface area (Å²) in [5.41, 5.74) is 2.00. The molecule has 20 heavy (non-hydrogen) atoms. The van der Waals surface area contributed by atoms with Crippen LogP contribution in [0.25, 0.3) is 0 Å². The van der Waals surface area contributed by atoms with Crippen LogP contribution in [0.5, 0.6) is 11.5 Å². The predicted molar refractivity (Wildman–Crippen MR) is 79.4 cm³/mol. The van der Waals surface area contributed by atoms with Crippen LogP contribution in [0, 0.1) is 0 Å². The second kappa shape index (κ2) is 6.02. The van der Waals surface area contributed by atoms with Gasteiger partial charge >= 0.3 is 0 Å². The lowest BCUT2D eigenvalue weighted by atomic mass is 9.99. The zero-order valence-corrected chi connectivity index (χ0v) is 12.8. The predicted octanol–water partition coefficient (Wildman–Crippen LogP) is 2.27. The van der Waals surface area contributed by atoms with Gasteiger partial charge in [-0.05, 0) is 32.4 Å². The molecule has 0 aliphatic carbocycles. The summed E-state index contributed by atoms with van der Waals surface area (Å²) < 4.78 is 11.3. The van der Waals surface area contributed by atoms with Gasteiger partial charge in [-0.2, -0.15) is 0 Å². The molecule has 1 aromatic carbocycles. The first-order chi connectivity index (χ1) is 9.51. The Balaban J connectivity index is 2.18. The maximum atomic E-state index is 9.46. The van der Waals surface area contributed by atoms with Crippen LogP contribution in [-0.2, 0) is 13.0 Å². The van der Waals surface area contributed by atoms with E-state index in [1.54, 1.807) is 7.11 Å². The molecule has 0 amide bonds. The molecule has 0 saturated carbocycles. The number of hydrogen-bond acceptors (Lipinski definition) is 4. The van der Waals surface area contributed by atoms with Crippen molar-refractivity contribution in [3.05, 3.63) is 23.3 Å². The fourth-order valence-corrected chi connectivity index (χ4v) is 2.41. The maximum absolute atomic E-state index is 9.46. The van der Waals surface area contributed by atoms with Crippen LogP contribution >= 0.6 is 0 Å². The summed E-state index contributed by atoms with van der Waals surface area (Å²) in [5.74, 6) is 1.84. The Kier molecular flexibility index (Phi) is 4.55. The van der Waals surface area contributed by atoms with E-state index in [0.29, 0.717) is 6.54 Å². The molecule has 0 spiro atoms. The third-order valence-corrected chi connectivity index (χ3v) is 4.13. The number of hydrogen-bond donors (Lipinski definition) is 2. The van der Waals surface area contributed by atoms with Crippen LogP contribution < -0.4 is 14.8 Å². The topological polar surface area (TPSA) is 50.7 Å². The maximum Gasteiger partial charge on any atom is 0.123 e. The largest absolute Gasteiger partial charge is 0.496 e. The Morgan fingerprint density at radius 2 is 2.25 bits per heavy atom. The summed E-state index contributed by atoms with van der Waals surface area (Å²) in [7, 11) is 1.69. The van der Waals surface area contributed by atoms with Gasteiger partial charge in [0.1, 0.15) is 17.6 Å². The molecule has 4 nitrogen and oxygen atoms in total. The van der Waals surface area contributed by atoms with Crippen molar-refractivity contribution >= 4 is 0 Å². The van der Waals surface area contributed by atoms with Crippen molar-refractivity contribution in [3.63, 3.8) is 0 Å². The quantitative estimate of drug-likeness (QED) is 0.839. The van der Waals surface area contributed by atoms with E-state index in [9.17, 15) is 5.11 Å². The molecule has 2 N–H and O–H groups in total. The second-order valence-electron chi connectivity index (χ2n) is 5.83. The number of rotatable bonds is 6. The Hall–Kier alpha value is -1.26. The monoisotopic (exact) mass is 279 g/mol. The number of aliphatic hydroxyl groups is 1. The fraction of sp³-hybridized carbons (Fsp3) is 0.625. The number of ether oxygens (including phenoxy) is 2. The van der Waals surface area contributed by atoms with Crippen LogP contribution in [0.1, 0.15) is 38.3 Å². The van der Waals surface area contributed by atoms with Crippen molar-refractivity contribution in [2.75, 3.05) is 13.7 Å². The van der Waals surface area contributed by atoms with Crippen LogP contribution in [0.15, 0.2) is 12.1 Å². The molecular formula is C16H25NO3. The molecule has 1 aromatic rings. The lowest BCUT2D eigenvalue weighted by Gasteiger charge is -2.27. The number of aliphatic hydroxyl groups excluding tert-OH is 1. The summed E-state index contributed by atoms with van der Waals surface area (Å²) >= 11 is 0. The number of methoxy groups -OCH3 is 1. The lowest BCUT2D eigenvalue weighted by Crippen LogP contribution is -2.44. The minimum Gasteiger partial charge on any atom is -0.496 e. The van der Waals surface area contributed by atoms with Gasteiger partial charge in [-0.25, -0.2) is 0 Å². The van der Waals surface area contributed by atoms with E-state index in [-0.39, 0.29) is 18.2 Å². The molecule has 0 fully saturated rings. The summed E-state index contributed by atoms with van der Waals surface area (Å²) in [6.45, 7) is 6.92. The van der Waals surface area contributed by atoms with Crippen LogP contribution in [0.2, 0.25) is 0 Å². The van der Waals surface area contributed by atoms with E-state index >= 15 is 0 Å². The minimum absolute atomic E-state index is 0.115. The van der Waals surface area contributed by atoms with E-state index in [1.807, 2.05) is 6.92 Å². The normalized spacial score (nSPS) is 20.1. The third-order valence-electron chi connectivity index (χ3n) is 4.13. The molecule has 0 bridgehead atoms. The molecule has 0 saturated heterocycles. The SMILES string of the molecule is CCC(C)(CO)NCc1cc2c(cc1OC)CC(C)O2. The van der Waals surface area contributed by atoms with Crippen molar-refractivity contribution in [1.29, 1.82) is 0 Å². The Morgan fingerprint density at radius 3 is 2.85 bits per heavy atom. The Bertz CT molecular complexity index is 469. The second-order valence-corrected chi connectivity index (χ2v) is 5.83. The molecule has 2 unspecified atom stereocenters. The van der Waals surface area contributed by atoms with Gasteiger partial charge in [-0.3, -0.25) is 0 Å². The van der Waals surface area contributed by atoms with Gasteiger partial charge in [0.15, 0.2) is 0 Å². The van der Waals surface area contributed by atoms with E-state index in [1.165, 1.54) is 5.56 Å². The minimum atomic E-state index is -0.266. The van der Waals surface area contributed by atoms with Crippen molar-refractivity contribution in [1.82, 2.24) is 5.32 Å². The average Bonchev–Trinajstić information content (AvgIpc) is 2.82. The smallest absolute Gasteiger partial charge is 0.123 e. The first kappa shape index (κ1) is 15.1. The zero-order valence-electron chi connectivity index (χ0n) is 12.8. The highest BCUT2D eigenvalue weighted by Crippen LogP contribution is 2.35.